The van der Waals surface area contributed by atoms with E-state index in [4.69, 9.17) is 0 Å². The SMILES string of the molecule is O=C(C1=CC2C=CN(c3ccc(F)c(F)c3)C2C=C1)N1CC(N2CCN(C(=O)c3ccccc3)CC2)C1. The molecule has 0 radical (unpaired) electrons. The zero-order valence-electron chi connectivity index (χ0n) is 20.3. The van der Waals surface area contributed by atoms with Gasteiger partial charge in [0, 0.05) is 80.3 Å². The van der Waals surface area contributed by atoms with Crippen molar-refractivity contribution in [3.8, 4) is 0 Å². The maximum atomic E-state index is 13.7. The summed E-state index contributed by atoms with van der Waals surface area (Å²) in [5.74, 6) is -1.67. The van der Waals surface area contributed by atoms with Crippen LogP contribution >= 0.6 is 0 Å². The summed E-state index contributed by atoms with van der Waals surface area (Å²) in [5.41, 5.74) is 1.96. The minimum absolute atomic E-state index is 0.00985. The number of anilines is 1. The molecule has 2 unspecified atom stereocenters. The van der Waals surface area contributed by atoms with Gasteiger partial charge in [-0.3, -0.25) is 14.5 Å². The summed E-state index contributed by atoms with van der Waals surface area (Å²) in [4.78, 5) is 33.9. The molecule has 6 rings (SSSR count). The Morgan fingerprint density at radius 2 is 1.57 bits per heavy atom. The van der Waals surface area contributed by atoms with Gasteiger partial charge in [-0.1, -0.05) is 42.5 Å². The fraction of sp³-hybridized carbons (Fsp3) is 0.310. The third-order valence-corrected chi connectivity index (χ3v) is 7.77. The first kappa shape index (κ1) is 23.6. The topological polar surface area (TPSA) is 47.1 Å². The fourth-order valence-electron chi connectivity index (χ4n) is 5.57. The van der Waals surface area contributed by atoms with Crippen LogP contribution in [-0.2, 0) is 4.79 Å². The number of hydrogen-bond acceptors (Lipinski definition) is 4. The van der Waals surface area contributed by atoms with Gasteiger partial charge in [-0.15, -0.1) is 0 Å². The summed E-state index contributed by atoms with van der Waals surface area (Å²) >= 11 is 0. The number of carbonyl (C=O) groups is 2. The molecule has 2 aromatic rings. The first-order valence-electron chi connectivity index (χ1n) is 12.7. The van der Waals surface area contributed by atoms with E-state index >= 15 is 0 Å². The minimum Gasteiger partial charge on any atom is -0.340 e. The smallest absolute Gasteiger partial charge is 0.253 e. The summed E-state index contributed by atoms with van der Waals surface area (Å²) in [6.07, 6.45) is 9.60. The Morgan fingerprint density at radius 3 is 2.30 bits per heavy atom. The van der Waals surface area contributed by atoms with E-state index in [0.717, 1.165) is 24.7 Å². The van der Waals surface area contributed by atoms with Gasteiger partial charge in [0.1, 0.15) is 0 Å². The molecule has 0 spiro atoms. The van der Waals surface area contributed by atoms with Gasteiger partial charge in [-0.2, -0.15) is 0 Å². The third kappa shape index (κ3) is 4.46. The van der Waals surface area contributed by atoms with Crippen molar-refractivity contribution in [2.45, 2.75) is 12.1 Å². The maximum absolute atomic E-state index is 13.7. The Hall–Kier alpha value is -3.78. The molecule has 8 heteroatoms. The first-order chi connectivity index (χ1) is 18.0. The van der Waals surface area contributed by atoms with Crippen molar-refractivity contribution in [1.82, 2.24) is 14.7 Å². The van der Waals surface area contributed by atoms with Gasteiger partial charge >= 0.3 is 0 Å². The Bertz CT molecular complexity index is 1290. The first-order valence-corrected chi connectivity index (χ1v) is 12.7. The Balaban J connectivity index is 1.01. The zero-order chi connectivity index (χ0) is 25.5. The molecule has 2 amide bonds. The van der Waals surface area contributed by atoms with Crippen LogP contribution in [0.5, 0.6) is 0 Å². The molecule has 0 aromatic heterocycles. The van der Waals surface area contributed by atoms with Gasteiger partial charge in [0.05, 0.1) is 6.04 Å². The molecule has 190 valence electrons. The number of likely N-dealkylation sites (tertiary alicyclic amines) is 1. The molecule has 6 nitrogen and oxygen atoms in total. The number of hydrogen-bond donors (Lipinski definition) is 0. The average molecular weight is 503 g/mol. The van der Waals surface area contributed by atoms with Gasteiger partial charge in [-0.25, -0.2) is 8.78 Å². The van der Waals surface area contributed by atoms with Crippen molar-refractivity contribution < 1.29 is 18.4 Å². The molecule has 3 aliphatic heterocycles. The van der Waals surface area contributed by atoms with Crippen molar-refractivity contribution in [3.05, 3.63) is 102 Å². The van der Waals surface area contributed by atoms with Crippen LogP contribution in [0.4, 0.5) is 14.5 Å². The maximum Gasteiger partial charge on any atom is 0.253 e. The van der Waals surface area contributed by atoms with Crippen LogP contribution in [0.3, 0.4) is 0 Å². The number of nitrogens with zero attached hydrogens (tertiary/aromatic N) is 4. The molecule has 2 atom stereocenters. The molecular weight excluding hydrogens is 474 g/mol. The molecule has 2 saturated heterocycles. The highest BCUT2D eigenvalue weighted by molar-refractivity contribution is 5.97. The van der Waals surface area contributed by atoms with Crippen molar-refractivity contribution in [1.29, 1.82) is 0 Å². The van der Waals surface area contributed by atoms with E-state index < -0.39 is 11.6 Å². The highest BCUT2D eigenvalue weighted by atomic mass is 19.2. The molecule has 4 aliphatic rings. The number of fused-ring (bicyclic) bond motifs is 1. The van der Waals surface area contributed by atoms with Crippen molar-refractivity contribution in [2.24, 2.45) is 5.92 Å². The second-order valence-electron chi connectivity index (χ2n) is 9.95. The zero-order valence-corrected chi connectivity index (χ0v) is 20.3. The Labute approximate surface area is 214 Å². The minimum atomic E-state index is -0.878. The highest BCUT2D eigenvalue weighted by Gasteiger charge is 2.38. The van der Waals surface area contributed by atoms with E-state index in [1.54, 1.807) is 6.07 Å². The van der Waals surface area contributed by atoms with Crippen LogP contribution in [0, 0.1) is 17.6 Å². The van der Waals surface area contributed by atoms with Gasteiger partial charge in [-0.05, 0) is 24.3 Å². The van der Waals surface area contributed by atoms with E-state index in [1.165, 1.54) is 6.07 Å². The van der Waals surface area contributed by atoms with E-state index in [1.807, 2.05) is 75.5 Å². The summed E-state index contributed by atoms with van der Waals surface area (Å²) < 4.78 is 27.1. The molecule has 0 N–H and O–H groups in total. The van der Waals surface area contributed by atoms with Crippen molar-refractivity contribution in [2.75, 3.05) is 44.2 Å². The highest BCUT2D eigenvalue weighted by Crippen LogP contribution is 2.34. The normalized spacial score (nSPS) is 23.6. The molecule has 2 aromatic carbocycles. The predicted octanol–water partition coefficient (Wildman–Crippen LogP) is 3.45. The second kappa shape index (κ2) is 9.59. The number of amides is 2. The van der Waals surface area contributed by atoms with Crippen LogP contribution in [-0.4, -0.2) is 77.9 Å². The molecule has 2 fully saturated rings. The number of rotatable bonds is 4. The number of piperazine rings is 1. The van der Waals surface area contributed by atoms with Gasteiger partial charge in [0.2, 0.25) is 0 Å². The average Bonchev–Trinajstić information content (AvgIpc) is 3.33. The van der Waals surface area contributed by atoms with Crippen LogP contribution in [0.25, 0.3) is 0 Å². The summed E-state index contributed by atoms with van der Waals surface area (Å²) in [7, 11) is 0. The molecule has 37 heavy (non-hydrogen) atoms. The molecule has 1 aliphatic carbocycles. The predicted molar refractivity (Wildman–Crippen MR) is 137 cm³/mol. The number of halogens is 2. The standard InChI is InChI=1S/C29H28F2N4O2/c30-25-8-7-23(17-26(25)31)35-11-10-21-16-22(6-9-27(21)35)29(37)34-18-24(19-34)32-12-14-33(15-13-32)28(36)20-4-2-1-3-5-20/h1-11,16-17,21,24,27H,12-15,18-19H2. The van der Waals surface area contributed by atoms with Crippen LogP contribution in [0.1, 0.15) is 10.4 Å². The lowest BCUT2D eigenvalue weighted by atomic mass is 9.91. The molecule has 0 bridgehead atoms. The fourth-order valence-corrected chi connectivity index (χ4v) is 5.57. The van der Waals surface area contributed by atoms with Crippen molar-refractivity contribution in [3.63, 3.8) is 0 Å². The van der Waals surface area contributed by atoms with E-state index in [0.29, 0.717) is 43.5 Å². The Kier molecular flexibility index (Phi) is 6.12. The lowest BCUT2D eigenvalue weighted by molar-refractivity contribution is -0.134. The summed E-state index contributed by atoms with van der Waals surface area (Å²) in [6.45, 7) is 4.36. The summed E-state index contributed by atoms with van der Waals surface area (Å²) in [5, 5.41) is 0. The quantitative estimate of drug-likeness (QED) is 0.643. The number of benzene rings is 2. The van der Waals surface area contributed by atoms with Crippen LogP contribution in [0.15, 0.2) is 84.6 Å². The van der Waals surface area contributed by atoms with Gasteiger partial charge < -0.3 is 14.7 Å². The largest absolute Gasteiger partial charge is 0.340 e. The third-order valence-electron chi connectivity index (χ3n) is 7.77. The second-order valence-corrected chi connectivity index (χ2v) is 9.95. The van der Waals surface area contributed by atoms with Crippen LogP contribution in [0.2, 0.25) is 0 Å². The van der Waals surface area contributed by atoms with E-state index in [-0.39, 0.29) is 23.8 Å². The Morgan fingerprint density at radius 1 is 0.811 bits per heavy atom. The number of carbonyl (C=O) groups excluding carboxylic acids is 2. The molecular formula is C29H28F2N4O2. The molecule has 0 saturated carbocycles. The van der Waals surface area contributed by atoms with Crippen molar-refractivity contribution >= 4 is 17.5 Å². The monoisotopic (exact) mass is 502 g/mol. The van der Waals surface area contributed by atoms with E-state index in [2.05, 4.69) is 4.90 Å². The van der Waals surface area contributed by atoms with E-state index in [9.17, 15) is 18.4 Å². The lowest BCUT2D eigenvalue weighted by Gasteiger charge is -2.48. The van der Waals surface area contributed by atoms with Gasteiger partial charge in [0.15, 0.2) is 11.6 Å². The van der Waals surface area contributed by atoms with Gasteiger partial charge in [0.25, 0.3) is 11.8 Å². The summed E-state index contributed by atoms with van der Waals surface area (Å²) in [6, 6.07) is 13.5. The molecule has 3 heterocycles. The lowest BCUT2D eigenvalue weighted by Crippen LogP contribution is -2.64. The van der Waals surface area contributed by atoms with Crippen LogP contribution < -0.4 is 4.90 Å².